The second-order valence-corrected chi connectivity index (χ2v) is 4.12. The summed E-state index contributed by atoms with van der Waals surface area (Å²) in [6.45, 7) is 1.36. The Labute approximate surface area is 119 Å². The summed E-state index contributed by atoms with van der Waals surface area (Å²) in [5, 5.41) is 16.9. The number of hydrogen-bond donors (Lipinski definition) is 1. The first-order chi connectivity index (χ1) is 10.0. The molecule has 0 fully saturated rings. The SMILES string of the molecule is COc1ccccc1NC(=O)Cn1nc([N+](=O)[O-])nc1C. The molecule has 0 spiro atoms. The van der Waals surface area contributed by atoms with E-state index in [-0.39, 0.29) is 18.3 Å². The molecule has 0 aliphatic carbocycles. The molecule has 1 aromatic heterocycles. The number of nitrogens with zero attached hydrogens (tertiary/aromatic N) is 4. The quantitative estimate of drug-likeness (QED) is 0.653. The molecular formula is C12H13N5O4. The molecule has 1 N–H and O–H groups in total. The lowest BCUT2D eigenvalue weighted by molar-refractivity contribution is -0.394. The van der Waals surface area contributed by atoms with Crippen molar-refractivity contribution in [2.24, 2.45) is 0 Å². The maximum atomic E-state index is 12.0. The number of para-hydroxylation sites is 2. The Morgan fingerprint density at radius 2 is 2.19 bits per heavy atom. The van der Waals surface area contributed by atoms with Crippen LogP contribution in [-0.2, 0) is 11.3 Å². The maximum absolute atomic E-state index is 12.0. The first kappa shape index (κ1) is 14.4. The Bertz CT molecular complexity index is 682. The molecule has 9 nitrogen and oxygen atoms in total. The number of carbonyl (C=O) groups excluding carboxylic acids is 1. The van der Waals surface area contributed by atoms with Crippen LogP contribution in [0.15, 0.2) is 24.3 Å². The van der Waals surface area contributed by atoms with E-state index >= 15 is 0 Å². The number of methoxy groups -OCH3 is 1. The molecule has 0 radical (unpaired) electrons. The number of carbonyl (C=O) groups is 1. The molecular weight excluding hydrogens is 278 g/mol. The molecule has 1 heterocycles. The van der Waals surface area contributed by atoms with Gasteiger partial charge in [0.1, 0.15) is 12.3 Å². The van der Waals surface area contributed by atoms with E-state index in [4.69, 9.17) is 4.74 Å². The summed E-state index contributed by atoms with van der Waals surface area (Å²) in [4.78, 5) is 25.5. The van der Waals surface area contributed by atoms with Crippen molar-refractivity contribution in [3.8, 4) is 5.75 Å². The summed E-state index contributed by atoms with van der Waals surface area (Å²) in [7, 11) is 1.50. The third-order valence-electron chi connectivity index (χ3n) is 2.68. The maximum Gasteiger partial charge on any atom is 0.491 e. The van der Waals surface area contributed by atoms with Gasteiger partial charge in [-0.3, -0.25) is 4.79 Å². The zero-order valence-corrected chi connectivity index (χ0v) is 11.4. The zero-order valence-electron chi connectivity index (χ0n) is 11.4. The van der Waals surface area contributed by atoms with Crippen LogP contribution >= 0.6 is 0 Å². The van der Waals surface area contributed by atoms with Crippen LogP contribution in [0.4, 0.5) is 11.6 Å². The van der Waals surface area contributed by atoms with Crippen molar-refractivity contribution in [2.75, 3.05) is 12.4 Å². The number of nitrogens with one attached hydrogen (secondary N) is 1. The molecule has 2 rings (SSSR count). The number of nitro groups is 1. The van der Waals surface area contributed by atoms with Crippen molar-refractivity contribution >= 4 is 17.5 Å². The monoisotopic (exact) mass is 291 g/mol. The van der Waals surface area contributed by atoms with Crippen molar-refractivity contribution in [3.05, 3.63) is 40.2 Å². The molecule has 1 aromatic carbocycles. The van der Waals surface area contributed by atoms with Gasteiger partial charge in [-0.25, -0.2) is 0 Å². The second-order valence-electron chi connectivity index (χ2n) is 4.12. The first-order valence-electron chi connectivity index (χ1n) is 6.00. The Balaban J connectivity index is 2.10. The van der Waals surface area contributed by atoms with Gasteiger partial charge in [0.05, 0.1) is 12.8 Å². The average Bonchev–Trinajstić information content (AvgIpc) is 2.81. The smallest absolute Gasteiger partial charge is 0.491 e. The van der Waals surface area contributed by atoms with Gasteiger partial charge in [-0.05, 0) is 22.0 Å². The van der Waals surface area contributed by atoms with Crippen LogP contribution in [0.1, 0.15) is 5.82 Å². The van der Waals surface area contributed by atoms with Gasteiger partial charge in [-0.1, -0.05) is 12.1 Å². The summed E-state index contributed by atoms with van der Waals surface area (Å²) >= 11 is 0. The van der Waals surface area contributed by atoms with Gasteiger partial charge < -0.3 is 20.2 Å². The minimum Gasteiger partial charge on any atom is -0.495 e. The van der Waals surface area contributed by atoms with Crippen LogP contribution in [-0.4, -0.2) is 32.7 Å². The van der Waals surface area contributed by atoms with E-state index in [1.165, 1.54) is 18.7 Å². The summed E-state index contributed by atoms with van der Waals surface area (Å²) in [6, 6.07) is 6.93. The topological polar surface area (TPSA) is 112 Å². The van der Waals surface area contributed by atoms with Crippen LogP contribution in [0, 0.1) is 17.0 Å². The number of rotatable bonds is 5. The van der Waals surface area contributed by atoms with Crippen molar-refractivity contribution in [1.82, 2.24) is 14.8 Å². The van der Waals surface area contributed by atoms with Crippen molar-refractivity contribution < 1.29 is 14.5 Å². The molecule has 0 bridgehead atoms. The number of ether oxygens (including phenoxy) is 1. The molecule has 0 saturated carbocycles. The number of benzene rings is 1. The summed E-state index contributed by atoms with van der Waals surface area (Å²) in [5.41, 5.74) is 0.511. The van der Waals surface area contributed by atoms with E-state index in [2.05, 4.69) is 15.4 Å². The summed E-state index contributed by atoms with van der Waals surface area (Å²) < 4.78 is 6.29. The van der Waals surface area contributed by atoms with Crippen LogP contribution in [0.2, 0.25) is 0 Å². The lowest BCUT2D eigenvalue weighted by Crippen LogP contribution is -2.20. The Kier molecular flexibility index (Phi) is 4.12. The van der Waals surface area contributed by atoms with E-state index in [1.807, 2.05) is 0 Å². The van der Waals surface area contributed by atoms with Crippen molar-refractivity contribution in [3.63, 3.8) is 0 Å². The fraction of sp³-hybridized carbons (Fsp3) is 0.250. The molecule has 0 saturated heterocycles. The number of amides is 1. The normalized spacial score (nSPS) is 10.2. The van der Waals surface area contributed by atoms with Gasteiger partial charge >= 0.3 is 5.95 Å². The zero-order chi connectivity index (χ0) is 15.4. The molecule has 1 amide bonds. The van der Waals surface area contributed by atoms with Gasteiger partial charge in [0.25, 0.3) is 0 Å². The van der Waals surface area contributed by atoms with E-state index in [1.54, 1.807) is 24.3 Å². The molecule has 0 unspecified atom stereocenters. The fourth-order valence-electron chi connectivity index (χ4n) is 1.71. The van der Waals surface area contributed by atoms with Gasteiger partial charge in [-0.2, -0.15) is 4.68 Å². The summed E-state index contributed by atoms with van der Waals surface area (Å²) in [6.07, 6.45) is 0. The van der Waals surface area contributed by atoms with E-state index < -0.39 is 10.9 Å². The van der Waals surface area contributed by atoms with Crippen LogP contribution < -0.4 is 10.1 Å². The van der Waals surface area contributed by atoms with Gasteiger partial charge in [0, 0.05) is 12.0 Å². The van der Waals surface area contributed by atoms with Crippen LogP contribution in [0.3, 0.4) is 0 Å². The number of aryl methyl sites for hydroxylation is 1. The molecule has 0 aliphatic heterocycles. The Morgan fingerprint density at radius 1 is 1.48 bits per heavy atom. The lowest BCUT2D eigenvalue weighted by Gasteiger charge is -2.09. The first-order valence-corrected chi connectivity index (χ1v) is 6.00. The van der Waals surface area contributed by atoms with Gasteiger partial charge in [0.15, 0.2) is 0 Å². The van der Waals surface area contributed by atoms with Crippen molar-refractivity contribution in [2.45, 2.75) is 13.5 Å². The number of aromatic nitrogens is 3. The van der Waals surface area contributed by atoms with Crippen LogP contribution in [0.5, 0.6) is 5.75 Å². The number of hydrogen-bond acceptors (Lipinski definition) is 6. The summed E-state index contributed by atoms with van der Waals surface area (Å²) in [5.74, 6) is -0.107. The van der Waals surface area contributed by atoms with Crippen molar-refractivity contribution in [1.29, 1.82) is 0 Å². The highest BCUT2D eigenvalue weighted by atomic mass is 16.6. The van der Waals surface area contributed by atoms with E-state index in [0.717, 1.165) is 0 Å². The van der Waals surface area contributed by atoms with Gasteiger partial charge in [0.2, 0.25) is 11.7 Å². The average molecular weight is 291 g/mol. The second kappa shape index (κ2) is 5.99. The van der Waals surface area contributed by atoms with Crippen LogP contribution in [0.25, 0.3) is 0 Å². The highest BCUT2D eigenvalue weighted by Gasteiger charge is 2.20. The molecule has 2 aromatic rings. The lowest BCUT2D eigenvalue weighted by atomic mass is 10.3. The standard InChI is InChI=1S/C12H13N5O4/c1-8-13-12(17(19)20)15-16(8)7-11(18)14-9-5-3-4-6-10(9)21-2/h3-6H,7H2,1-2H3,(H,14,18). The third kappa shape index (κ3) is 3.32. The minimum atomic E-state index is -0.707. The van der Waals surface area contributed by atoms with Gasteiger partial charge in [-0.15, -0.1) is 0 Å². The number of anilines is 1. The highest BCUT2D eigenvalue weighted by molar-refractivity contribution is 5.92. The molecule has 110 valence electrons. The predicted molar refractivity (Wildman–Crippen MR) is 73.0 cm³/mol. The van der Waals surface area contributed by atoms with E-state index in [9.17, 15) is 14.9 Å². The largest absolute Gasteiger partial charge is 0.495 e. The minimum absolute atomic E-state index is 0.176. The third-order valence-corrected chi connectivity index (χ3v) is 2.68. The Hall–Kier alpha value is -2.97. The Morgan fingerprint density at radius 3 is 2.81 bits per heavy atom. The molecule has 21 heavy (non-hydrogen) atoms. The highest BCUT2D eigenvalue weighted by Crippen LogP contribution is 2.22. The fourth-order valence-corrected chi connectivity index (χ4v) is 1.71. The van der Waals surface area contributed by atoms with E-state index in [0.29, 0.717) is 11.4 Å². The molecule has 0 aliphatic rings. The molecule has 0 atom stereocenters. The molecule has 9 heteroatoms. The predicted octanol–water partition coefficient (Wildman–Crippen LogP) is 1.14.